The van der Waals surface area contributed by atoms with Gasteiger partial charge in [-0.1, -0.05) is 40.0 Å². The molecule has 2 saturated heterocycles. The first-order valence-corrected chi connectivity index (χ1v) is 11.2. The van der Waals surface area contributed by atoms with Gasteiger partial charge in [-0.15, -0.1) is 0 Å². The highest BCUT2D eigenvalue weighted by molar-refractivity contribution is 5.82. The molecule has 6 nitrogen and oxygen atoms in total. The van der Waals surface area contributed by atoms with Gasteiger partial charge in [0.25, 0.3) is 0 Å². The minimum atomic E-state index is -0.347. The van der Waals surface area contributed by atoms with E-state index in [1.54, 1.807) is 0 Å². The Kier molecular flexibility index (Phi) is 7.02. The highest BCUT2D eigenvalue weighted by atomic mass is 16.5. The number of hydrogen-bond donors (Lipinski definition) is 1. The third kappa shape index (κ3) is 5.07. The number of likely N-dealkylation sites (tertiary alicyclic amines) is 1. The molecule has 0 atom stereocenters. The highest BCUT2D eigenvalue weighted by Crippen LogP contribution is 2.34. The lowest BCUT2D eigenvalue weighted by Gasteiger charge is -2.48. The fraction of sp³-hybridized carbons (Fsp3) is 0.909. The number of carbonyl (C=O) groups excluding carboxylic acids is 2. The molecule has 0 unspecified atom stereocenters. The van der Waals surface area contributed by atoms with E-state index in [4.69, 9.17) is 4.74 Å². The van der Waals surface area contributed by atoms with Crippen LogP contribution in [0.15, 0.2) is 0 Å². The number of piperidine rings is 1. The van der Waals surface area contributed by atoms with E-state index in [-0.39, 0.29) is 28.7 Å². The molecule has 28 heavy (non-hydrogen) atoms. The van der Waals surface area contributed by atoms with E-state index in [2.05, 4.69) is 10.2 Å². The Morgan fingerprint density at radius 2 is 1.61 bits per heavy atom. The molecular formula is C22H39N3O3. The molecule has 6 heteroatoms. The van der Waals surface area contributed by atoms with Crippen molar-refractivity contribution in [3.05, 3.63) is 0 Å². The second kappa shape index (κ2) is 9.12. The van der Waals surface area contributed by atoms with Gasteiger partial charge >= 0.3 is 0 Å². The van der Waals surface area contributed by atoms with Gasteiger partial charge in [0.2, 0.25) is 11.8 Å². The summed E-state index contributed by atoms with van der Waals surface area (Å²) in [6.07, 6.45) is 7.70. The number of morpholine rings is 1. The number of hydrogen-bond acceptors (Lipinski definition) is 4. The van der Waals surface area contributed by atoms with E-state index in [1.165, 1.54) is 32.1 Å². The minimum absolute atomic E-state index is 0.0364. The van der Waals surface area contributed by atoms with Crippen molar-refractivity contribution in [3.8, 4) is 0 Å². The molecule has 1 saturated carbocycles. The standard InChI is InChI=1S/C22H39N3O3/c1-21(2,3)20(27)24-11-7-18(8-12-24)19(26)23-17-22(9-5-4-6-10-22)25-13-15-28-16-14-25/h18H,4-17H2,1-3H3,(H,23,26). The Bertz CT molecular complexity index is 538. The van der Waals surface area contributed by atoms with Crippen molar-refractivity contribution in [2.45, 2.75) is 71.3 Å². The zero-order chi connectivity index (χ0) is 20.2. The van der Waals surface area contributed by atoms with Gasteiger partial charge in [0.05, 0.1) is 13.2 Å². The number of ether oxygens (including phenoxy) is 1. The number of nitrogens with zero attached hydrogens (tertiary/aromatic N) is 2. The summed E-state index contributed by atoms with van der Waals surface area (Å²) in [5.41, 5.74) is -0.235. The maximum atomic E-state index is 12.9. The van der Waals surface area contributed by atoms with Crippen LogP contribution in [0.4, 0.5) is 0 Å². The van der Waals surface area contributed by atoms with Crippen molar-refractivity contribution in [3.63, 3.8) is 0 Å². The van der Waals surface area contributed by atoms with E-state index in [1.807, 2.05) is 25.7 Å². The lowest BCUT2D eigenvalue weighted by molar-refractivity contribution is -0.142. The zero-order valence-corrected chi connectivity index (χ0v) is 18.1. The minimum Gasteiger partial charge on any atom is -0.379 e. The van der Waals surface area contributed by atoms with E-state index >= 15 is 0 Å². The SMILES string of the molecule is CC(C)(C)C(=O)N1CCC(C(=O)NCC2(N3CCOCC3)CCCCC2)CC1. The molecule has 0 radical (unpaired) electrons. The van der Waals surface area contributed by atoms with Crippen molar-refractivity contribution in [2.75, 3.05) is 45.9 Å². The molecule has 2 heterocycles. The van der Waals surface area contributed by atoms with Crippen LogP contribution in [0.25, 0.3) is 0 Å². The maximum Gasteiger partial charge on any atom is 0.227 e. The third-order valence-corrected chi connectivity index (χ3v) is 6.85. The summed E-state index contributed by atoms with van der Waals surface area (Å²) in [4.78, 5) is 29.8. The number of amides is 2. The second-order valence-electron chi connectivity index (χ2n) is 9.92. The molecule has 1 N–H and O–H groups in total. The first-order valence-electron chi connectivity index (χ1n) is 11.2. The molecule has 0 bridgehead atoms. The second-order valence-corrected chi connectivity index (χ2v) is 9.92. The van der Waals surface area contributed by atoms with Crippen molar-refractivity contribution in [1.82, 2.24) is 15.1 Å². The molecule has 3 fully saturated rings. The first-order chi connectivity index (χ1) is 13.3. The summed E-state index contributed by atoms with van der Waals surface area (Å²) in [5, 5.41) is 3.31. The van der Waals surface area contributed by atoms with E-state index < -0.39 is 0 Å². The summed E-state index contributed by atoms with van der Waals surface area (Å²) in [5.74, 6) is 0.412. The lowest BCUT2D eigenvalue weighted by Crippen LogP contribution is -2.60. The van der Waals surface area contributed by atoms with Crippen molar-refractivity contribution in [2.24, 2.45) is 11.3 Å². The van der Waals surface area contributed by atoms with Crippen LogP contribution in [0, 0.1) is 11.3 Å². The predicted octanol–water partition coefficient (Wildman–Crippen LogP) is 2.42. The molecule has 1 aliphatic carbocycles. The number of carbonyl (C=O) groups is 2. The zero-order valence-electron chi connectivity index (χ0n) is 18.1. The molecule has 3 aliphatic rings. The van der Waals surface area contributed by atoms with Crippen molar-refractivity contribution >= 4 is 11.8 Å². The van der Waals surface area contributed by atoms with Gasteiger partial charge < -0.3 is 15.0 Å². The molecule has 0 aromatic heterocycles. The predicted molar refractivity (Wildman–Crippen MR) is 110 cm³/mol. The van der Waals surface area contributed by atoms with E-state index in [0.717, 1.165) is 45.7 Å². The van der Waals surface area contributed by atoms with Crippen LogP contribution in [-0.2, 0) is 14.3 Å². The van der Waals surface area contributed by atoms with Crippen LogP contribution >= 0.6 is 0 Å². The summed E-state index contributed by atoms with van der Waals surface area (Å²) in [6, 6.07) is 0. The quantitative estimate of drug-likeness (QED) is 0.797. The Hall–Kier alpha value is -1.14. The highest BCUT2D eigenvalue weighted by Gasteiger charge is 2.39. The van der Waals surface area contributed by atoms with Gasteiger partial charge in [-0.2, -0.15) is 0 Å². The Balaban J connectivity index is 1.52. The van der Waals surface area contributed by atoms with Crippen LogP contribution < -0.4 is 5.32 Å². The van der Waals surface area contributed by atoms with Crippen LogP contribution in [0.3, 0.4) is 0 Å². The first kappa shape index (κ1) is 21.6. The topological polar surface area (TPSA) is 61.9 Å². The van der Waals surface area contributed by atoms with Gasteiger partial charge in [0.15, 0.2) is 0 Å². The van der Waals surface area contributed by atoms with E-state index in [0.29, 0.717) is 13.1 Å². The molecular weight excluding hydrogens is 354 g/mol. The van der Waals surface area contributed by atoms with Gasteiger partial charge in [0.1, 0.15) is 0 Å². The number of rotatable bonds is 4. The van der Waals surface area contributed by atoms with Crippen LogP contribution in [0.1, 0.15) is 65.7 Å². The average molecular weight is 394 g/mol. The monoisotopic (exact) mass is 393 g/mol. The molecule has 0 aromatic carbocycles. The third-order valence-electron chi connectivity index (χ3n) is 6.85. The normalized spacial score (nSPS) is 24.8. The Labute approximate surface area is 170 Å². The average Bonchev–Trinajstić information content (AvgIpc) is 2.72. The summed E-state index contributed by atoms with van der Waals surface area (Å²) in [6.45, 7) is 11.6. The summed E-state index contributed by atoms with van der Waals surface area (Å²) >= 11 is 0. The van der Waals surface area contributed by atoms with E-state index in [9.17, 15) is 9.59 Å². The van der Waals surface area contributed by atoms with Gasteiger partial charge in [-0.3, -0.25) is 14.5 Å². The summed E-state index contributed by atoms with van der Waals surface area (Å²) in [7, 11) is 0. The van der Waals surface area contributed by atoms with Crippen molar-refractivity contribution in [1.29, 1.82) is 0 Å². The van der Waals surface area contributed by atoms with Gasteiger partial charge in [-0.25, -0.2) is 0 Å². The Morgan fingerprint density at radius 3 is 2.18 bits per heavy atom. The number of nitrogens with one attached hydrogen (secondary N) is 1. The molecule has 3 rings (SSSR count). The largest absolute Gasteiger partial charge is 0.379 e. The summed E-state index contributed by atoms with van der Waals surface area (Å²) < 4.78 is 5.55. The fourth-order valence-electron chi connectivity index (χ4n) is 5.07. The molecule has 2 amide bonds. The van der Waals surface area contributed by atoms with Crippen LogP contribution in [-0.4, -0.2) is 73.1 Å². The molecule has 0 aromatic rings. The molecule has 160 valence electrons. The fourth-order valence-corrected chi connectivity index (χ4v) is 5.07. The van der Waals surface area contributed by atoms with Gasteiger partial charge in [-0.05, 0) is 25.7 Å². The maximum absolute atomic E-state index is 12.9. The van der Waals surface area contributed by atoms with Crippen LogP contribution in [0.2, 0.25) is 0 Å². The van der Waals surface area contributed by atoms with Gasteiger partial charge in [0, 0.05) is 49.6 Å². The van der Waals surface area contributed by atoms with Crippen LogP contribution in [0.5, 0.6) is 0 Å². The smallest absolute Gasteiger partial charge is 0.227 e. The Morgan fingerprint density at radius 1 is 1.00 bits per heavy atom. The lowest BCUT2D eigenvalue weighted by atomic mass is 9.79. The molecule has 2 aliphatic heterocycles. The van der Waals surface area contributed by atoms with Crippen molar-refractivity contribution < 1.29 is 14.3 Å². The molecule has 0 spiro atoms.